The van der Waals surface area contributed by atoms with Crippen molar-refractivity contribution in [3.8, 4) is 11.5 Å². The monoisotopic (exact) mass is 1030 g/mol. The lowest BCUT2D eigenvalue weighted by Gasteiger charge is -2.58. The first-order valence-corrected chi connectivity index (χ1v) is 28.0. The average Bonchev–Trinajstić information content (AvgIpc) is 4.16. The molecule has 3 aliphatic carbocycles. The van der Waals surface area contributed by atoms with E-state index in [2.05, 4.69) is 68.2 Å². The van der Waals surface area contributed by atoms with Crippen molar-refractivity contribution in [3.05, 3.63) is 106 Å². The summed E-state index contributed by atoms with van der Waals surface area (Å²) in [7, 11) is -8.06. The Morgan fingerprint density at radius 1 is 0.972 bits per heavy atom. The molecule has 4 N–H and O–H groups in total. The van der Waals surface area contributed by atoms with E-state index in [1.54, 1.807) is 23.4 Å². The van der Waals surface area contributed by atoms with Crippen molar-refractivity contribution in [3.63, 3.8) is 0 Å². The summed E-state index contributed by atoms with van der Waals surface area (Å²) in [5.74, 6) is -1.27. The molecule has 2 aliphatic heterocycles. The largest absolute Gasteiger partial charge is 0.455 e. The number of hydrogen-bond donors (Lipinski definition) is 4. The molecule has 5 heterocycles. The molecule has 3 saturated carbocycles. The predicted octanol–water partition coefficient (Wildman–Crippen LogP) is 7.99. The van der Waals surface area contributed by atoms with Gasteiger partial charge in [-0.25, -0.2) is 35.9 Å². The van der Waals surface area contributed by atoms with E-state index in [1.807, 2.05) is 4.72 Å². The number of benzene rings is 2. The Bertz CT molecular complexity index is 3100. The molecule has 0 radical (unpaired) electrons. The molecule has 3 aromatic heterocycles. The van der Waals surface area contributed by atoms with Gasteiger partial charge in [-0.05, 0) is 118 Å². The molecule has 1 atom stereocenters. The van der Waals surface area contributed by atoms with Crippen LogP contribution in [0.4, 0.5) is 21.6 Å². The summed E-state index contributed by atoms with van der Waals surface area (Å²) in [5, 5.41) is 25.3. The second kappa shape index (κ2) is 19.3. The van der Waals surface area contributed by atoms with Gasteiger partial charge in [0.15, 0.2) is 0 Å². The SMILES string of the molecule is CC(C)c1ccccc1[C@@H]1CN(S(=O)(=O)C2CC2)CCN1C1CC2(CCN(c3ccc(C(=O)NS(=O)(=O)c4cnc(NCC5CCC(C)(O)CC5)c([N+](=O)[O-])c4)c(Oc4cnc5[nH]cc(F)c5c4)c3)CC2)C1. The molecule has 10 rings (SSSR count). The molecule has 384 valence electrons. The molecule has 2 aromatic carbocycles. The second-order valence-corrected chi connectivity index (χ2v) is 25.1. The zero-order chi connectivity index (χ0) is 50.7. The van der Waals surface area contributed by atoms with Gasteiger partial charge in [-0.3, -0.25) is 19.8 Å². The van der Waals surface area contributed by atoms with Gasteiger partial charge >= 0.3 is 5.69 Å². The minimum absolute atomic E-state index is 0.0234. The van der Waals surface area contributed by atoms with Crippen LogP contribution in [0.3, 0.4) is 0 Å². The summed E-state index contributed by atoms with van der Waals surface area (Å²) in [6, 6.07) is 15.8. The maximum atomic E-state index is 14.7. The van der Waals surface area contributed by atoms with Crippen LogP contribution in [0.15, 0.2) is 78.1 Å². The smallest absolute Gasteiger partial charge is 0.312 e. The van der Waals surface area contributed by atoms with Crippen LogP contribution in [0.5, 0.6) is 11.5 Å². The average molecular weight is 1030 g/mol. The molecule has 1 amide bonds. The molecule has 1 spiro atoms. The van der Waals surface area contributed by atoms with Crippen molar-refractivity contribution in [2.75, 3.05) is 49.5 Å². The van der Waals surface area contributed by atoms with Gasteiger partial charge in [-0.2, -0.15) is 4.31 Å². The molecule has 72 heavy (non-hydrogen) atoms. The van der Waals surface area contributed by atoms with Crippen molar-refractivity contribution in [1.29, 1.82) is 0 Å². The van der Waals surface area contributed by atoms with Crippen molar-refractivity contribution >= 4 is 54.2 Å². The van der Waals surface area contributed by atoms with Crippen molar-refractivity contribution in [2.24, 2.45) is 11.3 Å². The topological polar surface area (TPSA) is 233 Å². The Balaban J connectivity index is 0.847. The van der Waals surface area contributed by atoms with Crippen LogP contribution in [0.2, 0.25) is 0 Å². The van der Waals surface area contributed by atoms with E-state index in [9.17, 15) is 41.2 Å². The van der Waals surface area contributed by atoms with Crippen LogP contribution < -0.4 is 19.7 Å². The first-order chi connectivity index (χ1) is 34.3. The van der Waals surface area contributed by atoms with E-state index in [-0.39, 0.29) is 62.5 Å². The lowest BCUT2D eigenvalue weighted by Crippen LogP contribution is -2.60. The molecule has 18 nitrogen and oxygen atoms in total. The molecule has 21 heteroatoms. The van der Waals surface area contributed by atoms with Gasteiger partial charge in [0.1, 0.15) is 27.9 Å². The number of aromatic nitrogens is 3. The third kappa shape index (κ3) is 10.1. The Kier molecular flexibility index (Phi) is 13.3. The number of ether oxygens (including phenoxy) is 1. The standard InChI is InChI=1S/C51H62FN9O9S2/c1-32(2)39-6-4-5-7-40(39)45-31-59(72(68,69)37-9-10-37)20-21-60(45)35-25-51(26-35)16-18-58(19-17-51)34-8-11-41(46(22-34)70-36-23-42-43(52)30-56-47(42)54-28-36)49(62)57-71(66,67)38-24-44(61(64)65)48(55-29-38)53-27-33-12-14-50(3,63)15-13-33/h4-8,11,22-24,28-30,32-33,35,37,45,63H,9-10,12-21,25-27,31H2,1-3H3,(H,53,55)(H,54,56)(H,57,62)/t33?,45-,50?/m0/s1. The normalized spacial score (nSPS) is 23.3. The van der Waals surface area contributed by atoms with Gasteiger partial charge in [-0.15, -0.1) is 0 Å². The number of fused-ring (bicyclic) bond motifs is 1. The fourth-order valence-corrected chi connectivity index (χ4v) is 14.2. The number of carbonyl (C=O) groups is 1. The number of nitrogens with zero attached hydrogens (tertiary/aromatic N) is 6. The molecule has 5 aromatic rings. The fourth-order valence-electron chi connectivity index (χ4n) is 11.4. The summed E-state index contributed by atoms with van der Waals surface area (Å²) in [4.78, 5) is 40.7. The van der Waals surface area contributed by atoms with Crippen LogP contribution >= 0.6 is 0 Å². The Labute approximate surface area is 419 Å². The number of amides is 1. The number of aromatic amines is 1. The lowest BCUT2D eigenvalue weighted by atomic mass is 9.59. The highest BCUT2D eigenvalue weighted by molar-refractivity contribution is 7.90. The highest BCUT2D eigenvalue weighted by Gasteiger charge is 2.52. The van der Waals surface area contributed by atoms with Gasteiger partial charge < -0.3 is 25.0 Å². The van der Waals surface area contributed by atoms with E-state index in [1.165, 1.54) is 29.5 Å². The number of sulfonamides is 2. The number of piperidine rings is 1. The minimum Gasteiger partial charge on any atom is -0.455 e. The summed E-state index contributed by atoms with van der Waals surface area (Å²) >= 11 is 0. The van der Waals surface area contributed by atoms with Gasteiger partial charge in [0.05, 0.1) is 39.1 Å². The molecule has 0 unspecified atom stereocenters. The number of hydrogen-bond acceptors (Lipinski definition) is 14. The summed E-state index contributed by atoms with van der Waals surface area (Å²) in [5.41, 5.74) is 2.05. The first-order valence-electron chi connectivity index (χ1n) is 25.0. The minimum atomic E-state index is -4.72. The molecule has 2 saturated heterocycles. The Morgan fingerprint density at radius 3 is 2.42 bits per heavy atom. The summed E-state index contributed by atoms with van der Waals surface area (Å²) < 4.78 is 79.3. The molecule has 5 fully saturated rings. The predicted molar refractivity (Wildman–Crippen MR) is 270 cm³/mol. The third-order valence-corrected chi connectivity index (χ3v) is 19.5. The van der Waals surface area contributed by atoms with Gasteiger partial charge in [-0.1, -0.05) is 38.1 Å². The van der Waals surface area contributed by atoms with Crippen molar-refractivity contribution in [2.45, 2.75) is 119 Å². The zero-order valence-corrected chi connectivity index (χ0v) is 42.4. The quantitative estimate of drug-likeness (QED) is 0.0575. The van der Waals surface area contributed by atoms with Crippen LogP contribution in [0, 0.1) is 27.3 Å². The van der Waals surface area contributed by atoms with E-state index >= 15 is 0 Å². The second-order valence-electron chi connectivity index (χ2n) is 21.2. The van der Waals surface area contributed by atoms with Crippen LogP contribution in [0.1, 0.15) is 118 Å². The van der Waals surface area contributed by atoms with Crippen LogP contribution in [-0.2, 0) is 20.0 Å². The van der Waals surface area contributed by atoms with E-state index in [0.29, 0.717) is 71.0 Å². The third-order valence-electron chi connectivity index (χ3n) is 15.9. The zero-order valence-electron chi connectivity index (χ0n) is 40.7. The van der Waals surface area contributed by atoms with Gasteiger partial charge in [0, 0.05) is 75.4 Å². The first kappa shape index (κ1) is 49.8. The van der Waals surface area contributed by atoms with Crippen LogP contribution in [-0.4, -0.2) is 113 Å². The summed E-state index contributed by atoms with van der Waals surface area (Å²) in [6.45, 7) is 9.49. The number of halogens is 1. The Hall–Kier alpha value is -5.74. The van der Waals surface area contributed by atoms with E-state index in [0.717, 1.165) is 62.7 Å². The maximum Gasteiger partial charge on any atom is 0.312 e. The summed E-state index contributed by atoms with van der Waals surface area (Å²) in [6.07, 6.45) is 11.3. The number of carbonyl (C=O) groups excluding carboxylic acids is 1. The highest BCUT2D eigenvalue weighted by Crippen LogP contribution is 2.54. The molecular formula is C51H62FN9O9S2. The molecular weight excluding hydrogens is 966 g/mol. The number of H-pyrrole nitrogens is 1. The number of aliphatic hydroxyl groups is 1. The number of rotatable bonds is 15. The lowest BCUT2D eigenvalue weighted by molar-refractivity contribution is -0.384. The maximum absolute atomic E-state index is 14.7. The Morgan fingerprint density at radius 2 is 1.71 bits per heavy atom. The number of piperazine rings is 1. The number of pyridine rings is 2. The highest BCUT2D eigenvalue weighted by atomic mass is 32.2. The van der Waals surface area contributed by atoms with Crippen LogP contribution in [0.25, 0.3) is 11.0 Å². The number of nitro groups is 1. The van der Waals surface area contributed by atoms with E-state index in [4.69, 9.17) is 4.74 Å². The van der Waals surface area contributed by atoms with Crippen molar-refractivity contribution in [1.82, 2.24) is 28.9 Å². The number of nitrogens with one attached hydrogen (secondary N) is 3. The van der Waals surface area contributed by atoms with E-state index < -0.39 is 52.9 Å². The fraction of sp³-hybridized carbons (Fsp3) is 0.510. The number of anilines is 2. The van der Waals surface area contributed by atoms with Gasteiger partial charge in [0.25, 0.3) is 15.9 Å². The van der Waals surface area contributed by atoms with Gasteiger partial charge in [0.2, 0.25) is 15.8 Å². The molecule has 5 aliphatic rings. The van der Waals surface area contributed by atoms with Crippen molar-refractivity contribution < 1.29 is 40.8 Å². The molecule has 0 bridgehead atoms.